The molecule has 2 heterocycles. The summed E-state index contributed by atoms with van der Waals surface area (Å²) in [7, 11) is 0. The van der Waals surface area contributed by atoms with Gasteiger partial charge in [-0.25, -0.2) is 4.98 Å². The van der Waals surface area contributed by atoms with Crippen molar-refractivity contribution >= 4 is 38.3 Å². The Morgan fingerprint density at radius 1 is 1.41 bits per heavy atom. The molecule has 2 rings (SSSR count). The van der Waals surface area contributed by atoms with Gasteiger partial charge in [0.15, 0.2) is 5.13 Å². The third kappa shape index (κ3) is 2.86. The number of carbonyl (C=O) groups excluding carboxylic acids is 1. The minimum atomic E-state index is -0.220. The lowest BCUT2D eigenvalue weighted by molar-refractivity contribution is 0.102. The molecule has 7 heteroatoms. The van der Waals surface area contributed by atoms with E-state index in [9.17, 15) is 4.79 Å². The maximum absolute atomic E-state index is 12.0. The molecule has 0 saturated heterocycles. The molecule has 0 fully saturated rings. The van der Waals surface area contributed by atoms with Crippen LogP contribution in [-0.2, 0) is 0 Å². The first-order chi connectivity index (χ1) is 8.06. The molecule has 88 valence electrons. The molecule has 0 bridgehead atoms. The summed E-state index contributed by atoms with van der Waals surface area (Å²) in [4.78, 5) is 16.0. The van der Waals surface area contributed by atoms with Crippen LogP contribution in [0.4, 0.5) is 5.13 Å². The molecule has 5 nitrogen and oxygen atoms in total. The van der Waals surface area contributed by atoms with E-state index in [1.807, 2.05) is 0 Å². The van der Waals surface area contributed by atoms with Gasteiger partial charge >= 0.3 is 0 Å². The summed E-state index contributed by atoms with van der Waals surface area (Å²) < 4.78 is 0.869. The highest BCUT2D eigenvalue weighted by atomic mass is 79.9. The van der Waals surface area contributed by atoms with Crippen LogP contribution in [-0.4, -0.2) is 21.1 Å². The average molecular weight is 313 g/mol. The van der Waals surface area contributed by atoms with Crippen LogP contribution in [0.25, 0.3) is 0 Å². The normalized spacial score (nSPS) is 10.3. The molecule has 2 aromatic rings. The Kier molecular flexibility index (Phi) is 3.49. The first-order valence-corrected chi connectivity index (χ1v) is 6.41. The number of hydrogen-bond donors (Lipinski definition) is 1. The van der Waals surface area contributed by atoms with Crippen molar-refractivity contribution in [1.29, 1.82) is 0 Å². The Morgan fingerprint density at radius 3 is 2.82 bits per heavy atom. The summed E-state index contributed by atoms with van der Waals surface area (Å²) in [5, 5.41) is 11.1. The van der Waals surface area contributed by atoms with Crippen LogP contribution in [0.5, 0.6) is 0 Å². The molecule has 0 aliphatic rings. The minimum Gasteiger partial charge on any atom is -0.298 e. The van der Waals surface area contributed by atoms with Crippen molar-refractivity contribution < 1.29 is 4.79 Å². The molecule has 2 aromatic heterocycles. The van der Waals surface area contributed by atoms with Gasteiger partial charge in [0.1, 0.15) is 0 Å². The van der Waals surface area contributed by atoms with Crippen molar-refractivity contribution in [2.45, 2.75) is 13.8 Å². The lowest BCUT2D eigenvalue weighted by Gasteiger charge is -2.04. The van der Waals surface area contributed by atoms with E-state index in [4.69, 9.17) is 0 Å². The highest BCUT2D eigenvalue weighted by Gasteiger charge is 2.12. The molecule has 0 aliphatic carbocycles. The summed E-state index contributed by atoms with van der Waals surface area (Å²) in [6.45, 7) is 3.54. The SMILES string of the molecule is Cc1cc(C(=O)Nc2ncc(Br)s2)c(C)nn1. The van der Waals surface area contributed by atoms with E-state index in [1.54, 1.807) is 26.1 Å². The van der Waals surface area contributed by atoms with Gasteiger partial charge in [-0.1, -0.05) is 11.3 Å². The molecular formula is C10H9BrN4OS. The van der Waals surface area contributed by atoms with Crippen LogP contribution >= 0.6 is 27.3 Å². The zero-order valence-corrected chi connectivity index (χ0v) is 11.6. The number of carbonyl (C=O) groups is 1. The number of aromatic nitrogens is 3. The Morgan fingerprint density at radius 2 is 2.18 bits per heavy atom. The second-order valence-corrected chi connectivity index (χ2v) is 5.82. The van der Waals surface area contributed by atoms with Crippen LogP contribution in [0.15, 0.2) is 16.0 Å². The minimum absolute atomic E-state index is 0.220. The Labute approximate surface area is 110 Å². The molecule has 1 N–H and O–H groups in total. The third-order valence-electron chi connectivity index (χ3n) is 2.04. The van der Waals surface area contributed by atoms with E-state index in [0.29, 0.717) is 22.1 Å². The molecule has 0 spiro atoms. The predicted molar refractivity (Wildman–Crippen MR) is 69.3 cm³/mol. The van der Waals surface area contributed by atoms with E-state index in [-0.39, 0.29) is 5.91 Å². The topological polar surface area (TPSA) is 67.8 Å². The average Bonchev–Trinajstić information content (AvgIpc) is 2.67. The van der Waals surface area contributed by atoms with Crippen LogP contribution in [0.3, 0.4) is 0 Å². The van der Waals surface area contributed by atoms with Gasteiger partial charge in [0.25, 0.3) is 5.91 Å². The van der Waals surface area contributed by atoms with Crippen molar-refractivity contribution in [2.75, 3.05) is 5.32 Å². The maximum atomic E-state index is 12.0. The predicted octanol–water partition coefficient (Wildman–Crippen LogP) is 2.56. The fourth-order valence-electron chi connectivity index (χ4n) is 1.26. The monoisotopic (exact) mass is 312 g/mol. The summed E-state index contributed by atoms with van der Waals surface area (Å²) in [6, 6.07) is 1.71. The van der Waals surface area contributed by atoms with Crippen LogP contribution in [0, 0.1) is 13.8 Å². The number of thiazole rings is 1. The van der Waals surface area contributed by atoms with Crippen molar-refractivity contribution in [3.05, 3.63) is 33.0 Å². The fourth-order valence-corrected chi connectivity index (χ4v) is 2.36. The van der Waals surface area contributed by atoms with Crippen molar-refractivity contribution in [2.24, 2.45) is 0 Å². The molecule has 0 saturated carbocycles. The molecule has 17 heavy (non-hydrogen) atoms. The van der Waals surface area contributed by atoms with Crippen molar-refractivity contribution in [3.63, 3.8) is 0 Å². The molecule has 1 amide bonds. The van der Waals surface area contributed by atoms with Crippen LogP contribution in [0.2, 0.25) is 0 Å². The summed E-state index contributed by atoms with van der Waals surface area (Å²) in [5.74, 6) is -0.220. The van der Waals surface area contributed by atoms with E-state index >= 15 is 0 Å². The summed E-state index contributed by atoms with van der Waals surface area (Å²) in [5.41, 5.74) is 1.83. The number of halogens is 1. The summed E-state index contributed by atoms with van der Waals surface area (Å²) in [6.07, 6.45) is 1.64. The summed E-state index contributed by atoms with van der Waals surface area (Å²) >= 11 is 4.65. The highest BCUT2D eigenvalue weighted by molar-refractivity contribution is 9.11. The standard InChI is InChI=1S/C10H9BrN4OS/c1-5-3-7(6(2)15-14-5)9(16)13-10-12-4-8(11)17-10/h3-4H,1-2H3,(H,12,13,16). The second kappa shape index (κ2) is 4.89. The maximum Gasteiger partial charge on any atom is 0.259 e. The van der Waals surface area contributed by atoms with Gasteiger partial charge in [0.05, 0.1) is 26.9 Å². The fraction of sp³-hybridized carbons (Fsp3) is 0.200. The van der Waals surface area contributed by atoms with Gasteiger partial charge in [-0.2, -0.15) is 10.2 Å². The quantitative estimate of drug-likeness (QED) is 0.925. The van der Waals surface area contributed by atoms with E-state index in [1.165, 1.54) is 11.3 Å². The molecule has 0 aromatic carbocycles. The molecule has 0 atom stereocenters. The molecular weight excluding hydrogens is 304 g/mol. The molecule has 0 aliphatic heterocycles. The zero-order valence-electron chi connectivity index (χ0n) is 9.19. The smallest absolute Gasteiger partial charge is 0.259 e. The largest absolute Gasteiger partial charge is 0.298 e. The van der Waals surface area contributed by atoms with Gasteiger partial charge in [0, 0.05) is 0 Å². The van der Waals surface area contributed by atoms with E-state index in [2.05, 4.69) is 36.4 Å². The lowest BCUT2D eigenvalue weighted by atomic mass is 10.2. The zero-order chi connectivity index (χ0) is 12.4. The van der Waals surface area contributed by atoms with Crippen LogP contribution < -0.4 is 5.32 Å². The van der Waals surface area contributed by atoms with Gasteiger partial charge < -0.3 is 0 Å². The van der Waals surface area contributed by atoms with Gasteiger partial charge in [-0.15, -0.1) is 0 Å². The second-order valence-electron chi connectivity index (χ2n) is 3.41. The first-order valence-electron chi connectivity index (χ1n) is 4.80. The number of nitrogens with one attached hydrogen (secondary N) is 1. The number of rotatable bonds is 2. The molecule has 0 radical (unpaired) electrons. The Balaban J connectivity index is 2.22. The number of anilines is 1. The lowest BCUT2D eigenvalue weighted by Crippen LogP contribution is -2.14. The van der Waals surface area contributed by atoms with E-state index in [0.717, 1.165) is 3.79 Å². The van der Waals surface area contributed by atoms with Gasteiger partial charge in [-0.3, -0.25) is 10.1 Å². The third-order valence-corrected chi connectivity index (χ3v) is 3.43. The number of aryl methyl sites for hydroxylation is 2. The first kappa shape index (κ1) is 12.1. The van der Waals surface area contributed by atoms with Crippen molar-refractivity contribution in [1.82, 2.24) is 15.2 Å². The Bertz CT molecular complexity index is 569. The number of amides is 1. The highest BCUT2D eigenvalue weighted by Crippen LogP contribution is 2.23. The Hall–Kier alpha value is -1.34. The number of nitrogens with zero attached hydrogens (tertiary/aromatic N) is 3. The van der Waals surface area contributed by atoms with Gasteiger partial charge in [0.2, 0.25) is 0 Å². The van der Waals surface area contributed by atoms with Crippen molar-refractivity contribution in [3.8, 4) is 0 Å². The van der Waals surface area contributed by atoms with Gasteiger partial charge in [-0.05, 0) is 35.8 Å². The van der Waals surface area contributed by atoms with E-state index < -0.39 is 0 Å². The molecule has 0 unspecified atom stereocenters. The number of hydrogen-bond acceptors (Lipinski definition) is 5. The van der Waals surface area contributed by atoms with Crippen LogP contribution in [0.1, 0.15) is 21.7 Å².